The Bertz CT molecular complexity index is 748. The van der Waals surface area contributed by atoms with Crippen LogP contribution in [0.3, 0.4) is 0 Å². The van der Waals surface area contributed by atoms with Gasteiger partial charge in [0.1, 0.15) is 5.75 Å². The monoisotopic (exact) mass is 300 g/mol. The molecule has 1 aromatic heterocycles. The second-order valence-corrected chi connectivity index (χ2v) is 5.26. The molecule has 1 atom stereocenters. The minimum atomic E-state index is -0.756. The molecular weight excluding hydrogens is 284 g/mol. The summed E-state index contributed by atoms with van der Waals surface area (Å²) in [7, 11) is 0. The Labute approximate surface area is 127 Å². The summed E-state index contributed by atoms with van der Waals surface area (Å²) in [4.78, 5) is 20.1. The van der Waals surface area contributed by atoms with Gasteiger partial charge in [-0.05, 0) is 44.0 Å². The van der Waals surface area contributed by atoms with E-state index in [-0.39, 0.29) is 0 Å². The summed E-state index contributed by atoms with van der Waals surface area (Å²) in [5.74, 6) is 0.468. The van der Waals surface area contributed by atoms with E-state index >= 15 is 0 Å². The van der Waals surface area contributed by atoms with Crippen LogP contribution in [0.5, 0.6) is 11.6 Å². The minimum Gasteiger partial charge on any atom is -0.437 e. The third-order valence-electron chi connectivity index (χ3n) is 3.49. The van der Waals surface area contributed by atoms with Crippen molar-refractivity contribution in [2.45, 2.75) is 26.3 Å². The lowest BCUT2D eigenvalue weighted by Gasteiger charge is -2.27. The summed E-state index contributed by atoms with van der Waals surface area (Å²) in [5.41, 5.74) is 8.32. The second kappa shape index (κ2) is 5.36. The number of nitrogens with zero attached hydrogens (tertiary/aromatic N) is 3. The Morgan fingerprint density at radius 1 is 1.41 bits per heavy atom. The summed E-state index contributed by atoms with van der Waals surface area (Å²) >= 11 is 0. The van der Waals surface area contributed by atoms with Crippen LogP contribution < -0.4 is 15.5 Å². The van der Waals surface area contributed by atoms with Gasteiger partial charge in [0, 0.05) is 6.20 Å². The fraction of sp³-hybridized carbons (Fsp3) is 0.267. The van der Waals surface area contributed by atoms with Gasteiger partial charge in [0.15, 0.2) is 0 Å². The molecule has 1 amide bonds. The van der Waals surface area contributed by atoms with E-state index in [1.54, 1.807) is 24.4 Å². The van der Waals surface area contributed by atoms with Crippen LogP contribution in [-0.4, -0.2) is 27.1 Å². The first-order valence-corrected chi connectivity index (χ1v) is 6.85. The number of nitrogens with two attached hydrogens (primary N) is 1. The topological polar surface area (TPSA) is 102 Å². The van der Waals surface area contributed by atoms with Gasteiger partial charge in [0.25, 0.3) is 5.91 Å². The molecule has 1 aliphatic rings. The molecule has 0 saturated carbocycles. The van der Waals surface area contributed by atoms with Gasteiger partial charge in [-0.1, -0.05) is 0 Å². The minimum absolute atomic E-state index is 0.348. The third kappa shape index (κ3) is 2.51. The van der Waals surface area contributed by atoms with E-state index in [4.69, 9.17) is 10.5 Å². The van der Waals surface area contributed by atoms with Crippen LogP contribution in [0.25, 0.3) is 0 Å². The van der Waals surface area contributed by atoms with Crippen molar-refractivity contribution in [3.8, 4) is 11.6 Å². The zero-order valence-corrected chi connectivity index (χ0v) is 12.3. The first-order valence-electron chi connectivity index (χ1n) is 6.85. The van der Waals surface area contributed by atoms with E-state index in [9.17, 15) is 10.0 Å². The highest BCUT2D eigenvalue weighted by Crippen LogP contribution is 2.31. The van der Waals surface area contributed by atoms with Crippen LogP contribution in [0.15, 0.2) is 24.4 Å². The van der Waals surface area contributed by atoms with Gasteiger partial charge in [0.05, 0.1) is 23.1 Å². The van der Waals surface area contributed by atoms with Crippen LogP contribution in [0.1, 0.15) is 17.0 Å². The molecule has 0 fully saturated rings. The number of hydrogen-bond donors (Lipinski definition) is 2. The van der Waals surface area contributed by atoms with Gasteiger partial charge >= 0.3 is 0 Å². The molecule has 0 spiro atoms. The lowest BCUT2D eigenvalue weighted by atomic mass is 9.99. The summed E-state index contributed by atoms with van der Waals surface area (Å²) in [5, 5.41) is 10.4. The number of fused-ring (bicyclic) bond motifs is 1. The number of anilines is 1. The number of carbonyl (C=O) groups is 1. The SMILES string of the molecule is Cc1cnc(C)c(Oc2ccc3c(c2)CC(N)C(=O)N3O)n1. The molecule has 114 valence electrons. The average molecular weight is 300 g/mol. The van der Waals surface area contributed by atoms with Gasteiger partial charge in [-0.3, -0.25) is 15.0 Å². The van der Waals surface area contributed by atoms with Crippen molar-refractivity contribution >= 4 is 11.6 Å². The van der Waals surface area contributed by atoms with Gasteiger partial charge in [-0.15, -0.1) is 0 Å². The molecule has 7 nitrogen and oxygen atoms in total. The van der Waals surface area contributed by atoms with Crippen LogP contribution >= 0.6 is 0 Å². The molecule has 2 heterocycles. The average Bonchev–Trinajstić information content (AvgIpc) is 2.48. The summed E-state index contributed by atoms with van der Waals surface area (Å²) in [6.07, 6.45) is 2.02. The zero-order valence-electron chi connectivity index (χ0n) is 12.3. The standard InChI is InChI=1S/C15H16N4O3/c1-8-7-17-9(2)14(18-8)22-11-3-4-13-10(5-11)6-12(16)15(20)19(13)21/h3-5,7,12,21H,6,16H2,1-2H3. The number of rotatable bonds is 2. The fourth-order valence-electron chi connectivity index (χ4n) is 2.32. The van der Waals surface area contributed by atoms with Crippen molar-refractivity contribution in [3.05, 3.63) is 41.3 Å². The normalized spacial score (nSPS) is 17.4. The molecular formula is C15H16N4O3. The maximum Gasteiger partial charge on any atom is 0.267 e. The van der Waals surface area contributed by atoms with Crippen LogP contribution in [-0.2, 0) is 11.2 Å². The molecule has 1 aromatic carbocycles. The maximum atomic E-state index is 11.6. The molecule has 0 aliphatic carbocycles. The Kier molecular flexibility index (Phi) is 3.51. The third-order valence-corrected chi connectivity index (χ3v) is 3.49. The molecule has 1 aliphatic heterocycles. The smallest absolute Gasteiger partial charge is 0.267 e. The summed E-state index contributed by atoms with van der Waals surface area (Å²) < 4.78 is 5.75. The zero-order chi connectivity index (χ0) is 15.9. The molecule has 2 aromatic rings. The lowest BCUT2D eigenvalue weighted by Crippen LogP contribution is -2.47. The van der Waals surface area contributed by atoms with Gasteiger partial charge < -0.3 is 10.5 Å². The largest absolute Gasteiger partial charge is 0.437 e. The number of carbonyl (C=O) groups excluding carboxylic acids is 1. The van der Waals surface area contributed by atoms with E-state index in [0.717, 1.165) is 11.3 Å². The summed E-state index contributed by atoms with van der Waals surface area (Å²) in [6.45, 7) is 3.64. The Hall–Kier alpha value is -2.51. The van der Waals surface area contributed by atoms with Crippen LogP contribution in [0, 0.1) is 13.8 Å². The van der Waals surface area contributed by atoms with E-state index in [1.165, 1.54) is 0 Å². The predicted octanol–water partition coefficient (Wildman–Crippen LogP) is 1.49. The van der Waals surface area contributed by atoms with E-state index < -0.39 is 11.9 Å². The number of amides is 1. The fourth-order valence-corrected chi connectivity index (χ4v) is 2.32. The molecule has 7 heteroatoms. The maximum absolute atomic E-state index is 11.6. The number of benzene rings is 1. The molecule has 0 saturated heterocycles. The number of hydroxylamine groups is 1. The molecule has 3 rings (SSSR count). The highest BCUT2D eigenvalue weighted by atomic mass is 16.5. The Morgan fingerprint density at radius 3 is 2.95 bits per heavy atom. The van der Waals surface area contributed by atoms with Crippen molar-refractivity contribution in [2.24, 2.45) is 5.73 Å². The van der Waals surface area contributed by atoms with Crippen molar-refractivity contribution in [1.29, 1.82) is 0 Å². The molecule has 22 heavy (non-hydrogen) atoms. The first-order chi connectivity index (χ1) is 10.5. The summed E-state index contributed by atoms with van der Waals surface area (Å²) in [6, 6.07) is 4.27. The second-order valence-electron chi connectivity index (χ2n) is 5.26. The van der Waals surface area contributed by atoms with Crippen LogP contribution in [0.2, 0.25) is 0 Å². The Morgan fingerprint density at radius 2 is 2.18 bits per heavy atom. The molecule has 0 bridgehead atoms. The van der Waals surface area contributed by atoms with Gasteiger partial charge in [-0.25, -0.2) is 4.98 Å². The van der Waals surface area contributed by atoms with Gasteiger partial charge in [-0.2, -0.15) is 5.06 Å². The van der Waals surface area contributed by atoms with Gasteiger partial charge in [0.2, 0.25) is 5.88 Å². The van der Waals surface area contributed by atoms with E-state index in [1.807, 2.05) is 13.8 Å². The highest BCUT2D eigenvalue weighted by molar-refractivity contribution is 5.98. The van der Waals surface area contributed by atoms with Crippen molar-refractivity contribution < 1.29 is 14.7 Å². The first kappa shape index (κ1) is 14.4. The Balaban J connectivity index is 1.93. The molecule has 3 N–H and O–H groups in total. The van der Waals surface area contributed by atoms with Crippen molar-refractivity contribution in [2.75, 3.05) is 5.06 Å². The van der Waals surface area contributed by atoms with E-state index in [2.05, 4.69) is 9.97 Å². The molecule has 0 radical (unpaired) electrons. The lowest BCUT2D eigenvalue weighted by molar-refractivity contribution is -0.125. The van der Waals surface area contributed by atoms with E-state index in [0.29, 0.717) is 34.5 Å². The number of aryl methyl sites for hydroxylation is 2. The van der Waals surface area contributed by atoms with Crippen molar-refractivity contribution in [1.82, 2.24) is 9.97 Å². The highest BCUT2D eigenvalue weighted by Gasteiger charge is 2.29. The molecule has 1 unspecified atom stereocenters. The van der Waals surface area contributed by atoms with Crippen molar-refractivity contribution in [3.63, 3.8) is 0 Å². The quantitative estimate of drug-likeness (QED) is 0.815. The number of aromatic nitrogens is 2. The predicted molar refractivity (Wildman–Crippen MR) is 79.0 cm³/mol. The number of ether oxygens (including phenoxy) is 1. The van der Waals surface area contributed by atoms with Crippen LogP contribution in [0.4, 0.5) is 5.69 Å². The number of hydrogen-bond acceptors (Lipinski definition) is 6.